The lowest BCUT2D eigenvalue weighted by atomic mass is 9.97. The number of thiol groups is 1. The minimum Gasteiger partial charge on any atom is -0.463 e. The summed E-state index contributed by atoms with van der Waals surface area (Å²) in [6.07, 6.45) is -4.11. The van der Waals surface area contributed by atoms with Gasteiger partial charge in [0.1, 0.15) is 30.8 Å². The first-order valence-electron chi connectivity index (χ1n) is 9.46. The van der Waals surface area contributed by atoms with Gasteiger partial charge in [0.25, 0.3) is 0 Å². The van der Waals surface area contributed by atoms with Crippen LogP contribution >= 0.6 is 12.6 Å². The minimum absolute atomic E-state index is 0.0121. The predicted octanol–water partition coefficient (Wildman–Crippen LogP) is 1.36. The maximum atomic E-state index is 12.3. The van der Waals surface area contributed by atoms with Gasteiger partial charge < -0.3 is 29.0 Å². The Morgan fingerprint density at radius 1 is 0.935 bits per heavy atom. The number of esters is 3. The topological polar surface area (TPSA) is 126 Å². The molecule has 0 unspecified atom stereocenters. The standard InChI is InChI=1S/C20H25NO9S/c1-11(22)26-10-15-17(28-12(2)23)18(29-13(3)24)16(19(31)30-15)21-20(25)27-9-14-7-5-4-6-8-14/h4-8,15-19,31H,9-10H2,1-3H3,(H,21,25)/t15-,16-,17-,18-,19+/m1/s1. The van der Waals surface area contributed by atoms with Crippen molar-refractivity contribution in [3.05, 3.63) is 35.9 Å². The molecule has 1 N–H and O–H groups in total. The van der Waals surface area contributed by atoms with E-state index in [4.69, 9.17) is 23.7 Å². The largest absolute Gasteiger partial charge is 0.463 e. The van der Waals surface area contributed by atoms with Crippen molar-refractivity contribution in [3.63, 3.8) is 0 Å². The summed E-state index contributed by atoms with van der Waals surface area (Å²) in [7, 11) is 0. The van der Waals surface area contributed by atoms with E-state index >= 15 is 0 Å². The molecule has 5 atom stereocenters. The van der Waals surface area contributed by atoms with Crippen LogP contribution in [0.2, 0.25) is 0 Å². The van der Waals surface area contributed by atoms with Gasteiger partial charge in [-0.15, -0.1) is 12.6 Å². The highest BCUT2D eigenvalue weighted by molar-refractivity contribution is 7.80. The van der Waals surface area contributed by atoms with Gasteiger partial charge >= 0.3 is 24.0 Å². The van der Waals surface area contributed by atoms with Crippen LogP contribution in [-0.2, 0) is 44.7 Å². The Morgan fingerprint density at radius 3 is 2.13 bits per heavy atom. The number of benzene rings is 1. The number of alkyl carbamates (subject to hydrolysis) is 1. The van der Waals surface area contributed by atoms with Gasteiger partial charge in [0.05, 0.1) is 0 Å². The summed E-state index contributed by atoms with van der Waals surface area (Å²) in [4.78, 5) is 46.9. The summed E-state index contributed by atoms with van der Waals surface area (Å²) in [6, 6.07) is 8.00. The van der Waals surface area contributed by atoms with E-state index in [1.54, 1.807) is 24.3 Å². The van der Waals surface area contributed by atoms with Crippen LogP contribution in [0.1, 0.15) is 26.3 Å². The molecule has 0 saturated carbocycles. The average Bonchev–Trinajstić information content (AvgIpc) is 2.70. The van der Waals surface area contributed by atoms with Gasteiger partial charge in [-0.2, -0.15) is 0 Å². The fraction of sp³-hybridized carbons (Fsp3) is 0.500. The number of hydrogen-bond acceptors (Lipinski definition) is 10. The Hall–Kier alpha value is -2.79. The van der Waals surface area contributed by atoms with Crippen LogP contribution in [0.15, 0.2) is 30.3 Å². The third kappa shape index (κ3) is 7.76. The van der Waals surface area contributed by atoms with E-state index in [9.17, 15) is 19.2 Å². The molecule has 1 aliphatic rings. The van der Waals surface area contributed by atoms with Crippen LogP contribution < -0.4 is 5.32 Å². The average molecular weight is 455 g/mol. The number of amides is 1. The number of carbonyl (C=O) groups excluding carboxylic acids is 4. The van der Waals surface area contributed by atoms with Crippen LogP contribution in [0.25, 0.3) is 0 Å². The molecule has 0 spiro atoms. The summed E-state index contributed by atoms with van der Waals surface area (Å²) in [5.74, 6) is -1.93. The van der Waals surface area contributed by atoms with Crippen LogP contribution in [0, 0.1) is 0 Å². The normalized spacial score (nSPS) is 25.1. The Kier molecular flexibility index (Phi) is 9.13. The molecule has 0 radical (unpaired) electrons. The molecular weight excluding hydrogens is 430 g/mol. The van der Waals surface area contributed by atoms with Crippen molar-refractivity contribution < 1.29 is 42.9 Å². The third-order valence-electron chi connectivity index (χ3n) is 4.22. The van der Waals surface area contributed by atoms with Gasteiger partial charge in [0.2, 0.25) is 0 Å². The molecule has 10 nitrogen and oxygen atoms in total. The van der Waals surface area contributed by atoms with Crippen LogP contribution in [0.5, 0.6) is 0 Å². The van der Waals surface area contributed by atoms with Gasteiger partial charge in [-0.25, -0.2) is 4.79 Å². The maximum Gasteiger partial charge on any atom is 0.407 e. The number of nitrogens with one attached hydrogen (secondary N) is 1. The molecule has 1 aromatic carbocycles. The summed E-state index contributed by atoms with van der Waals surface area (Å²) in [5, 5.41) is 2.54. The Bertz CT molecular complexity index is 788. The van der Waals surface area contributed by atoms with E-state index in [0.29, 0.717) is 0 Å². The van der Waals surface area contributed by atoms with E-state index < -0.39 is 53.8 Å². The van der Waals surface area contributed by atoms with E-state index in [0.717, 1.165) is 12.5 Å². The summed E-state index contributed by atoms with van der Waals surface area (Å²) < 4.78 is 26.5. The predicted molar refractivity (Wildman–Crippen MR) is 109 cm³/mol. The second-order valence-electron chi connectivity index (χ2n) is 6.75. The van der Waals surface area contributed by atoms with Gasteiger partial charge in [-0.1, -0.05) is 30.3 Å². The maximum absolute atomic E-state index is 12.3. The Balaban J connectivity index is 2.16. The number of ether oxygens (including phenoxy) is 5. The van der Waals surface area contributed by atoms with Crippen molar-refractivity contribution in [1.29, 1.82) is 0 Å². The van der Waals surface area contributed by atoms with Gasteiger partial charge in [-0.05, 0) is 5.56 Å². The fourth-order valence-electron chi connectivity index (χ4n) is 2.97. The molecule has 1 saturated heterocycles. The molecule has 1 fully saturated rings. The fourth-order valence-corrected chi connectivity index (χ4v) is 3.37. The summed E-state index contributed by atoms with van der Waals surface area (Å²) >= 11 is 4.32. The summed E-state index contributed by atoms with van der Waals surface area (Å²) in [5.41, 5.74) is -0.211. The molecule has 0 aliphatic carbocycles. The van der Waals surface area contributed by atoms with E-state index in [1.807, 2.05) is 6.07 Å². The molecular formula is C20H25NO9S. The van der Waals surface area contributed by atoms with E-state index in [2.05, 4.69) is 17.9 Å². The smallest absolute Gasteiger partial charge is 0.407 e. The molecule has 1 heterocycles. The molecule has 1 aromatic rings. The van der Waals surface area contributed by atoms with Crippen LogP contribution in [-0.4, -0.2) is 60.4 Å². The lowest BCUT2D eigenvalue weighted by Crippen LogP contribution is -2.65. The molecule has 170 valence electrons. The molecule has 31 heavy (non-hydrogen) atoms. The second kappa shape index (κ2) is 11.6. The second-order valence-corrected chi connectivity index (χ2v) is 7.26. The van der Waals surface area contributed by atoms with Gasteiger partial charge in [0, 0.05) is 20.8 Å². The molecule has 1 amide bonds. The monoisotopic (exact) mass is 455 g/mol. The minimum atomic E-state index is -1.16. The van der Waals surface area contributed by atoms with Crippen molar-refractivity contribution >= 4 is 36.6 Å². The number of rotatable bonds is 7. The highest BCUT2D eigenvalue weighted by atomic mass is 32.1. The quantitative estimate of drug-likeness (QED) is 0.356. The highest BCUT2D eigenvalue weighted by Crippen LogP contribution is 2.28. The SMILES string of the molecule is CC(=O)OC[C@H]1O[C@@H](S)[C@H](NC(=O)OCc2ccccc2)[C@@H](OC(C)=O)[C@@H]1OC(C)=O. The Morgan fingerprint density at radius 2 is 1.55 bits per heavy atom. The van der Waals surface area contributed by atoms with E-state index in [1.165, 1.54) is 13.8 Å². The Labute approximate surface area is 184 Å². The highest BCUT2D eigenvalue weighted by Gasteiger charge is 2.50. The van der Waals surface area contributed by atoms with Crippen molar-refractivity contribution in [1.82, 2.24) is 5.32 Å². The first-order chi connectivity index (χ1) is 14.7. The molecule has 0 bridgehead atoms. The third-order valence-corrected chi connectivity index (χ3v) is 4.66. The van der Waals surface area contributed by atoms with Crippen molar-refractivity contribution in [2.24, 2.45) is 0 Å². The summed E-state index contributed by atoms with van der Waals surface area (Å²) in [6.45, 7) is 3.28. The molecule has 11 heteroatoms. The zero-order chi connectivity index (χ0) is 23.0. The lowest BCUT2D eigenvalue weighted by molar-refractivity contribution is -0.210. The van der Waals surface area contributed by atoms with E-state index in [-0.39, 0.29) is 13.2 Å². The van der Waals surface area contributed by atoms with Gasteiger partial charge in [-0.3, -0.25) is 14.4 Å². The zero-order valence-corrected chi connectivity index (χ0v) is 18.2. The first kappa shape index (κ1) is 24.5. The molecule has 0 aromatic heterocycles. The number of hydrogen-bond donors (Lipinski definition) is 2. The van der Waals surface area contributed by atoms with Crippen LogP contribution in [0.4, 0.5) is 4.79 Å². The van der Waals surface area contributed by atoms with Gasteiger partial charge in [0.15, 0.2) is 12.2 Å². The first-order valence-corrected chi connectivity index (χ1v) is 9.97. The lowest BCUT2D eigenvalue weighted by Gasteiger charge is -2.43. The van der Waals surface area contributed by atoms with Crippen molar-refractivity contribution in [2.45, 2.75) is 57.2 Å². The van der Waals surface area contributed by atoms with Crippen molar-refractivity contribution in [2.75, 3.05) is 6.61 Å². The van der Waals surface area contributed by atoms with Crippen molar-refractivity contribution in [3.8, 4) is 0 Å². The molecule has 2 rings (SSSR count). The number of carbonyl (C=O) groups is 4. The van der Waals surface area contributed by atoms with Crippen LogP contribution in [0.3, 0.4) is 0 Å². The molecule has 1 aliphatic heterocycles. The zero-order valence-electron chi connectivity index (χ0n) is 17.3.